The van der Waals surface area contributed by atoms with Crippen LogP contribution < -0.4 is 5.32 Å². The summed E-state index contributed by atoms with van der Waals surface area (Å²) in [5, 5.41) is 12.0. The number of ether oxygens (including phenoxy) is 1. The molecule has 0 spiro atoms. The zero-order valence-corrected chi connectivity index (χ0v) is 19.8. The van der Waals surface area contributed by atoms with Crippen LogP contribution in [0, 0.1) is 0 Å². The molecule has 0 radical (unpaired) electrons. The first kappa shape index (κ1) is 21.7. The van der Waals surface area contributed by atoms with Crippen molar-refractivity contribution in [3.05, 3.63) is 89.1 Å². The summed E-state index contributed by atoms with van der Waals surface area (Å²) in [4.78, 5) is 21.8. The van der Waals surface area contributed by atoms with E-state index in [0.717, 1.165) is 27.5 Å². The van der Waals surface area contributed by atoms with Gasteiger partial charge in [-0.25, -0.2) is 0 Å². The van der Waals surface area contributed by atoms with E-state index in [9.17, 15) is 4.79 Å². The highest BCUT2D eigenvalue weighted by Gasteiger charge is 2.30. The normalized spacial score (nSPS) is 21.1. The van der Waals surface area contributed by atoms with Gasteiger partial charge in [0.15, 0.2) is 0 Å². The minimum Gasteiger partial charge on any atom is -0.378 e. The molecule has 35 heavy (non-hydrogen) atoms. The van der Waals surface area contributed by atoms with Crippen LogP contribution in [0.5, 0.6) is 0 Å². The molecule has 0 bridgehead atoms. The molecule has 8 nitrogen and oxygen atoms in total. The van der Waals surface area contributed by atoms with E-state index < -0.39 is 0 Å². The van der Waals surface area contributed by atoms with Crippen molar-refractivity contribution in [2.45, 2.75) is 12.2 Å². The van der Waals surface area contributed by atoms with Crippen LogP contribution in [0.1, 0.15) is 27.5 Å². The highest BCUT2D eigenvalue weighted by Crippen LogP contribution is 2.35. The molecule has 6 rings (SSSR count). The number of carbonyl (C=O) groups excluding carboxylic acids is 1. The predicted octanol–water partition coefficient (Wildman–Crippen LogP) is 4.12. The molecule has 2 atom stereocenters. The van der Waals surface area contributed by atoms with E-state index in [0.29, 0.717) is 31.9 Å². The van der Waals surface area contributed by atoms with Crippen LogP contribution in [0.15, 0.2) is 77.4 Å². The molecule has 3 aliphatic rings. The van der Waals surface area contributed by atoms with Crippen LogP contribution >= 0.6 is 11.3 Å². The molecule has 2 unspecified atom stereocenters. The third-order valence-corrected chi connectivity index (χ3v) is 6.95. The maximum absolute atomic E-state index is 12.9. The number of aliphatic imine (C=N–C) groups is 1. The largest absolute Gasteiger partial charge is 0.378 e. The SMILES string of the molecule is O=C(c1cccc(C2=CC3N=CC(c4cccc(Nc5nncs5)c4)N3C=C2)c1)N1CCOCC1. The molecule has 1 saturated heterocycles. The van der Waals surface area contributed by atoms with Crippen molar-refractivity contribution in [1.82, 2.24) is 20.0 Å². The molecule has 0 saturated carbocycles. The number of allylic oxidation sites excluding steroid dienone is 2. The average Bonchev–Trinajstić information content (AvgIpc) is 3.58. The summed E-state index contributed by atoms with van der Waals surface area (Å²) < 4.78 is 5.38. The van der Waals surface area contributed by atoms with Crippen molar-refractivity contribution in [3.63, 3.8) is 0 Å². The van der Waals surface area contributed by atoms with Crippen molar-refractivity contribution >= 4 is 39.9 Å². The minimum atomic E-state index is -0.0848. The molecule has 3 aromatic rings. The van der Waals surface area contributed by atoms with Gasteiger partial charge in [0.05, 0.1) is 19.3 Å². The van der Waals surface area contributed by atoms with Gasteiger partial charge >= 0.3 is 0 Å². The number of aromatic nitrogens is 2. The summed E-state index contributed by atoms with van der Waals surface area (Å²) in [6.07, 6.45) is 8.26. The molecule has 1 fully saturated rings. The number of hydrogen-bond donors (Lipinski definition) is 1. The lowest BCUT2D eigenvalue weighted by Crippen LogP contribution is -2.40. The summed E-state index contributed by atoms with van der Waals surface area (Å²) in [6, 6.07) is 16.2. The Morgan fingerprint density at radius 1 is 1.11 bits per heavy atom. The summed E-state index contributed by atoms with van der Waals surface area (Å²) in [6.45, 7) is 2.46. The number of nitrogens with zero attached hydrogens (tertiary/aromatic N) is 5. The van der Waals surface area contributed by atoms with Gasteiger partial charge in [0.25, 0.3) is 5.91 Å². The fourth-order valence-electron chi connectivity index (χ4n) is 4.56. The van der Waals surface area contributed by atoms with Gasteiger partial charge in [-0.3, -0.25) is 9.79 Å². The van der Waals surface area contributed by atoms with Gasteiger partial charge in [-0.2, -0.15) is 0 Å². The number of fused-ring (bicyclic) bond motifs is 1. The smallest absolute Gasteiger partial charge is 0.254 e. The third kappa shape index (κ3) is 4.48. The average molecular weight is 485 g/mol. The maximum atomic E-state index is 12.9. The first-order valence-electron chi connectivity index (χ1n) is 11.6. The van der Waals surface area contributed by atoms with Gasteiger partial charge < -0.3 is 19.9 Å². The second-order valence-electron chi connectivity index (χ2n) is 8.52. The van der Waals surface area contributed by atoms with Crippen LogP contribution in [0.3, 0.4) is 0 Å². The van der Waals surface area contributed by atoms with Gasteiger partial charge in [-0.1, -0.05) is 35.6 Å². The Morgan fingerprint density at radius 3 is 2.86 bits per heavy atom. The lowest BCUT2D eigenvalue weighted by atomic mass is 9.99. The molecule has 3 aliphatic heterocycles. The summed E-state index contributed by atoms with van der Waals surface area (Å²) >= 11 is 1.46. The first-order chi connectivity index (χ1) is 17.2. The van der Waals surface area contributed by atoms with Gasteiger partial charge in [0.1, 0.15) is 11.7 Å². The predicted molar refractivity (Wildman–Crippen MR) is 137 cm³/mol. The molecule has 2 aromatic carbocycles. The van der Waals surface area contributed by atoms with Crippen molar-refractivity contribution in [1.29, 1.82) is 0 Å². The maximum Gasteiger partial charge on any atom is 0.254 e. The Balaban J connectivity index is 1.18. The van der Waals surface area contributed by atoms with E-state index in [4.69, 9.17) is 9.73 Å². The molecule has 0 aliphatic carbocycles. The molecular formula is C26H24N6O2S. The minimum absolute atomic E-state index is 0.0412. The van der Waals surface area contributed by atoms with Crippen molar-refractivity contribution < 1.29 is 9.53 Å². The van der Waals surface area contributed by atoms with Crippen LogP contribution in [-0.2, 0) is 4.74 Å². The van der Waals surface area contributed by atoms with Crippen LogP contribution in [-0.4, -0.2) is 64.6 Å². The highest BCUT2D eigenvalue weighted by molar-refractivity contribution is 7.13. The zero-order chi connectivity index (χ0) is 23.6. The molecule has 1 amide bonds. The Hall–Kier alpha value is -3.82. The van der Waals surface area contributed by atoms with Gasteiger partial charge in [-0.05, 0) is 53.1 Å². The standard InChI is InChI=1S/C26H24N6O2S/c33-25(31-9-11-34-12-10-31)21-5-1-3-18(13-21)19-7-8-32-23(16-27-24(32)15-19)20-4-2-6-22(14-20)29-26-30-28-17-35-26/h1-8,13-17,23-24H,9-12H2,(H,29,30). The molecule has 1 aromatic heterocycles. The summed E-state index contributed by atoms with van der Waals surface area (Å²) in [7, 11) is 0. The van der Waals surface area contributed by atoms with E-state index in [1.165, 1.54) is 11.3 Å². The third-order valence-electron chi connectivity index (χ3n) is 6.34. The van der Waals surface area contributed by atoms with E-state index in [1.54, 1.807) is 5.51 Å². The van der Waals surface area contributed by atoms with E-state index >= 15 is 0 Å². The number of nitrogens with one attached hydrogen (secondary N) is 1. The number of amides is 1. The highest BCUT2D eigenvalue weighted by atomic mass is 32.1. The Bertz CT molecular complexity index is 1310. The molecular weight excluding hydrogens is 460 g/mol. The van der Waals surface area contributed by atoms with Gasteiger partial charge in [0, 0.05) is 36.8 Å². The monoisotopic (exact) mass is 484 g/mol. The molecule has 1 N–H and O–H groups in total. The second-order valence-corrected chi connectivity index (χ2v) is 9.35. The lowest BCUT2D eigenvalue weighted by molar-refractivity contribution is 0.0303. The second kappa shape index (κ2) is 9.44. The topological polar surface area (TPSA) is 83.0 Å². The summed E-state index contributed by atoms with van der Waals surface area (Å²) in [5.41, 5.74) is 6.60. The lowest BCUT2D eigenvalue weighted by Gasteiger charge is -2.30. The molecule has 176 valence electrons. The summed E-state index contributed by atoms with van der Waals surface area (Å²) in [5.74, 6) is 0.0538. The van der Waals surface area contributed by atoms with Crippen LogP contribution in [0.4, 0.5) is 10.8 Å². The van der Waals surface area contributed by atoms with Crippen molar-refractivity contribution in [3.8, 4) is 0 Å². The number of rotatable bonds is 5. The van der Waals surface area contributed by atoms with E-state index in [-0.39, 0.29) is 18.1 Å². The van der Waals surface area contributed by atoms with Crippen molar-refractivity contribution in [2.75, 3.05) is 31.6 Å². The molecule has 4 heterocycles. The Labute approximate surface area is 207 Å². The first-order valence-corrected chi connectivity index (χ1v) is 12.4. The van der Waals surface area contributed by atoms with Crippen LogP contribution in [0.25, 0.3) is 5.57 Å². The number of benzene rings is 2. The van der Waals surface area contributed by atoms with E-state index in [2.05, 4.69) is 50.9 Å². The van der Waals surface area contributed by atoms with Crippen LogP contribution in [0.2, 0.25) is 0 Å². The van der Waals surface area contributed by atoms with Gasteiger partial charge in [0.2, 0.25) is 5.13 Å². The Morgan fingerprint density at radius 2 is 2.00 bits per heavy atom. The fourth-order valence-corrected chi connectivity index (χ4v) is 5.03. The fraction of sp³-hybridized carbons (Fsp3) is 0.231. The quantitative estimate of drug-likeness (QED) is 0.587. The molecule has 9 heteroatoms. The zero-order valence-electron chi connectivity index (χ0n) is 18.9. The van der Waals surface area contributed by atoms with Crippen molar-refractivity contribution in [2.24, 2.45) is 4.99 Å². The van der Waals surface area contributed by atoms with Gasteiger partial charge in [-0.15, -0.1) is 10.2 Å². The Kier molecular flexibility index (Phi) is 5.85. The number of morpholine rings is 1. The number of hydrogen-bond acceptors (Lipinski definition) is 8. The number of carbonyl (C=O) groups is 1. The van der Waals surface area contributed by atoms with E-state index in [1.807, 2.05) is 47.5 Å². The number of anilines is 2.